The molecule has 4 heteroatoms. The third-order valence-corrected chi connectivity index (χ3v) is 3.63. The van der Waals surface area contributed by atoms with Crippen LogP contribution in [0.4, 0.5) is 0 Å². The lowest BCUT2D eigenvalue weighted by Crippen LogP contribution is -2.11. The number of benzene rings is 1. The van der Waals surface area contributed by atoms with Gasteiger partial charge in [-0.3, -0.25) is 8.39 Å². The molecule has 0 aliphatic carbocycles. The molecule has 0 fully saturated rings. The average molecular weight is 267 g/mol. The maximum absolute atomic E-state index is 11.3. The van der Waals surface area contributed by atoms with Gasteiger partial charge in [-0.15, -0.1) is 0 Å². The zero-order chi connectivity index (χ0) is 11.2. The lowest BCUT2D eigenvalue weighted by atomic mass is 10.1. The number of fused-ring (bicyclic) bond motifs is 1. The first-order chi connectivity index (χ1) is 7.04. The largest absolute Gasteiger partial charge is 0.366 e. The van der Waals surface area contributed by atoms with E-state index in [1.165, 1.54) is 0 Å². The fourth-order valence-electron chi connectivity index (χ4n) is 1.77. The first-order valence-electron chi connectivity index (χ1n) is 4.60. The van der Waals surface area contributed by atoms with Gasteiger partial charge in [0.25, 0.3) is 5.91 Å². The van der Waals surface area contributed by atoms with Crippen LogP contribution in [0, 0.1) is 13.8 Å². The SMILES string of the molecule is Cc1c(C)n(Br)c2c(C(N)=O)cccc12. The Morgan fingerprint density at radius 3 is 2.67 bits per heavy atom. The average Bonchev–Trinajstić information content (AvgIpc) is 2.44. The van der Waals surface area contributed by atoms with E-state index in [1.807, 2.05) is 29.6 Å². The summed E-state index contributed by atoms with van der Waals surface area (Å²) >= 11 is 3.43. The summed E-state index contributed by atoms with van der Waals surface area (Å²) in [5.74, 6) is -0.404. The third kappa shape index (κ3) is 1.36. The van der Waals surface area contributed by atoms with Crippen LogP contribution in [0.25, 0.3) is 10.9 Å². The number of carbonyl (C=O) groups excluding carboxylic acids is 1. The highest BCUT2D eigenvalue weighted by atomic mass is 79.9. The molecule has 0 unspecified atom stereocenters. The Morgan fingerprint density at radius 1 is 1.40 bits per heavy atom. The first-order valence-corrected chi connectivity index (χ1v) is 5.31. The number of hydrogen-bond donors (Lipinski definition) is 1. The molecule has 2 N–H and O–H groups in total. The van der Waals surface area contributed by atoms with Gasteiger partial charge in [0.2, 0.25) is 0 Å². The smallest absolute Gasteiger partial charge is 0.250 e. The summed E-state index contributed by atoms with van der Waals surface area (Å²) in [6, 6.07) is 5.57. The van der Waals surface area contributed by atoms with Gasteiger partial charge in [0.15, 0.2) is 0 Å². The van der Waals surface area contributed by atoms with Gasteiger partial charge in [-0.1, -0.05) is 12.1 Å². The molecular formula is C11H11BrN2O. The van der Waals surface area contributed by atoms with E-state index in [4.69, 9.17) is 5.73 Å². The Morgan fingerprint density at radius 2 is 2.07 bits per heavy atom. The van der Waals surface area contributed by atoms with Gasteiger partial charge in [0.1, 0.15) is 0 Å². The van der Waals surface area contributed by atoms with E-state index < -0.39 is 5.91 Å². The van der Waals surface area contributed by atoms with Crippen LogP contribution in [0.1, 0.15) is 21.6 Å². The third-order valence-electron chi connectivity index (χ3n) is 2.74. The normalized spacial score (nSPS) is 10.9. The molecule has 15 heavy (non-hydrogen) atoms. The van der Waals surface area contributed by atoms with E-state index in [2.05, 4.69) is 16.1 Å². The number of primary amides is 1. The minimum absolute atomic E-state index is 0.404. The molecule has 78 valence electrons. The van der Waals surface area contributed by atoms with E-state index >= 15 is 0 Å². The molecule has 1 aromatic carbocycles. The minimum atomic E-state index is -0.404. The second-order valence-electron chi connectivity index (χ2n) is 3.56. The van der Waals surface area contributed by atoms with Crippen molar-refractivity contribution < 1.29 is 4.79 Å². The summed E-state index contributed by atoms with van der Waals surface area (Å²) in [5.41, 5.74) is 8.96. The molecule has 0 atom stereocenters. The second kappa shape index (κ2) is 3.38. The number of halogens is 1. The summed E-state index contributed by atoms with van der Waals surface area (Å²) in [6.07, 6.45) is 0. The summed E-state index contributed by atoms with van der Waals surface area (Å²) in [4.78, 5) is 11.3. The molecule has 1 aromatic heterocycles. The minimum Gasteiger partial charge on any atom is -0.366 e. The molecule has 0 radical (unpaired) electrons. The van der Waals surface area contributed by atoms with E-state index in [9.17, 15) is 4.79 Å². The maximum atomic E-state index is 11.3. The van der Waals surface area contributed by atoms with E-state index in [1.54, 1.807) is 6.07 Å². The zero-order valence-corrected chi connectivity index (χ0v) is 10.1. The fourth-order valence-corrected chi connectivity index (χ4v) is 2.41. The molecule has 0 spiro atoms. The maximum Gasteiger partial charge on any atom is 0.250 e. The van der Waals surface area contributed by atoms with Crippen LogP contribution in [0.5, 0.6) is 0 Å². The molecule has 1 heterocycles. The quantitative estimate of drug-likeness (QED) is 0.847. The number of nitrogens with two attached hydrogens (primary N) is 1. The summed E-state index contributed by atoms with van der Waals surface area (Å²) in [5, 5.41) is 1.06. The lowest BCUT2D eigenvalue weighted by molar-refractivity contribution is 0.100. The zero-order valence-electron chi connectivity index (χ0n) is 8.54. The molecule has 1 amide bonds. The first kappa shape index (κ1) is 10.2. The molecule has 0 aliphatic heterocycles. The second-order valence-corrected chi connectivity index (χ2v) is 4.27. The van der Waals surface area contributed by atoms with Crippen LogP contribution < -0.4 is 5.73 Å². The van der Waals surface area contributed by atoms with Crippen LogP contribution in [-0.2, 0) is 0 Å². The number of aryl methyl sites for hydroxylation is 1. The standard InChI is InChI=1S/C11H11BrN2O/c1-6-7(2)14(12)10-8(6)4-3-5-9(10)11(13)15/h3-5H,1-2H3,(H2,13,15). The monoisotopic (exact) mass is 266 g/mol. The van der Waals surface area contributed by atoms with Crippen LogP contribution in [0.15, 0.2) is 18.2 Å². The Balaban J connectivity index is 2.98. The van der Waals surface area contributed by atoms with E-state index in [0.29, 0.717) is 5.56 Å². The molecule has 0 saturated carbocycles. The molecule has 2 rings (SSSR count). The van der Waals surface area contributed by atoms with Crippen molar-refractivity contribution in [2.45, 2.75) is 13.8 Å². The number of carbonyl (C=O) groups is 1. The van der Waals surface area contributed by atoms with Gasteiger partial charge in [0.05, 0.1) is 27.2 Å². The molecule has 0 saturated heterocycles. The van der Waals surface area contributed by atoms with Gasteiger partial charge >= 0.3 is 0 Å². The van der Waals surface area contributed by atoms with Crippen molar-refractivity contribution >= 4 is 33.0 Å². The number of hydrogen-bond acceptors (Lipinski definition) is 1. The molecule has 3 nitrogen and oxygen atoms in total. The highest BCUT2D eigenvalue weighted by Gasteiger charge is 2.14. The van der Waals surface area contributed by atoms with Gasteiger partial charge in [-0.2, -0.15) is 0 Å². The molecule has 0 aliphatic rings. The molecule has 2 aromatic rings. The number of rotatable bonds is 1. The summed E-state index contributed by atoms with van der Waals surface area (Å²) in [6.45, 7) is 4.02. The predicted octanol–water partition coefficient (Wildman–Crippen LogP) is 2.52. The van der Waals surface area contributed by atoms with Gasteiger partial charge in [0, 0.05) is 11.1 Å². The number of nitrogens with zero attached hydrogens (tertiary/aromatic N) is 1. The van der Waals surface area contributed by atoms with Gasteiger partial charge < -0.3 is 5.73 Å². The van der Waals surface area contributed by atoms with Gasteiger partial charge in [-0.05, 0) is 25.5 Å². The number of amides is 1. The van der Waals surface area contributed by atoms with Crippen molar-refractivity contribution in [3.05, 3.63) is 35.0 Å². The Kier molecular flexibility index (Phi) is 2.31. The Bertz CT molecular complexity index is 557. The van der Waals surface area contributed by atoms with Crippen molar-refractivity contribution in [1.29, 1.82) is 0 Å². The van der Waals surface area contributed by atoms with Crippen LogP contribution in [0.2, 0.25) is 0 Å². The Hall–Kier alpha value is -1.29. The van der Waals surface area contributed by atoms with Gasteiger partial charge in [-0.25, -0.2) is 0 Å². The highest BCUT2D eigenvalue weighted by molar-refractivity contribution is 9.08. The fraction of sp³-hybridized carbons (Fsp3) is 0.182. The summed E-state index contributed by atoms with van der Waals surface area (Å²) < 4.78 is 1.83. The van der Waals surface area contributed by atoms with E-state index in [-0.39, 0.29) is 0 Å². The highest BCUT2D eigenvalue weighted by Crippen LogP contribution is 2.29. The van der Waals surface area contributed by atoms with E-state index in [0.717, 1.165) is 22.2 Å². The lowest BCUT2D eigenvalue weighted by Gasteiger charge is -2.01. The van der Waals surface area contributed by atoms with Crippen LogP contribution in [0.3, 0.4) is 0 Å². The number of aromatic nitrogens is 1. The molecule has 0 bridgehead atoms. The van der Waals surface area contributed by atoms with Crippen LogP contribution in [-0.4, -0.2) is 9.50 Å². The van der Waals surface area contributed by atoms with Crippen LogP contribution >= 0.6 is 16.1 Å². The van der Waals surface area contributed by atoms with Crippen molar-refractivity contribution in [2.24, 2.45) is 5.73 Å². The van der Waals surface area contributed by atoms with Crippen molar-refractivity contribution in [3.8, 4) is 0 Å². The van der Waals surface area contributed by atoms with Crippen molar-refractivity contribution in [1.82, 2.24) is 3.59 Å². The number of para-hydroxylation sites is 1. The molecular weight excluding hydrogens is 256 g/mol. The van der Waals surface area contributed by atoms with Crippen molar-refractivity contribution in [2.75, 3.05) is 0 Å². The topological polar surface area (TPSA) is 48.0 Å². The summed E-state index contributed by atoms with van der Waals surface area (Å²) in [7, 11) is 0. The Labute approximate surface area is 96.2 Å². The predicted molar refractivity (Wildman–Crippen MR) is 64.3 cm³/mol. The van der Waals surface area contributed by atoms with Crippen molar-refractivity contribution in [3.63, 3.8) is 0 Å².